The highest BCUT2D eigenvalue weighted by Crippen LogP contribution is 2.46. The van der Waals surface area contributed by atoms with Gasteiger partial charge in [-0.15, -0.1) is 0 Å². The van der Waals surface area contributed by atoms with E-state index in [-0.39, 0.29) is 0 Å². The summed E-state index contributed by atoms with van der Waals surface area (Å²) in [6, 6.07) is 101. The second kappa shape index (κ2) is 19.3. The molecule has 0 radical (unpaired) electrons. The highest BCUT2D eigenvalue weighted by molar-refractivity contribution is 5.94. The topological polar surface area (TPSA) is 6.48 Å². The molecular formula is C70H52N2. The third-order valence-electron chi connectivity index (χ3n) is 14.1. The maximum absolute atomic E-state index is 2.42. The predicted octanol–water partition coefficient (Wildman–Crippen LogP) is 19.9. The van der Waals surface area contributed by atoms with Gasteiger partial charge < -0.3 is 9.80 Å². The molecule has 12 aromatic carbocycles. The smallest absolute Gasteiger partial charge is 0.0540 e. The molecule has 0 spiro atoms. The lowest BCUT2D eigenvalue weighted by Crippen LogP contribution is -2.13. The first-order chi connectivity index (χ1) is 35.5. The van der Waals surface area contributed by atoms with E-state index in [1.807, 2.05) is 0 Å². The summed E-state index contributed by atoms with van der Waals surface area (Å²) in [5.74, 6) is 0. The van der Waals surface area contributed by atoms with Crippen LogP contribution < -0.4 is 9.80 Å². The molecule has 12 rings (SSSR count). The van der Waals surface area contributed by atoms with Crippen LogP contribution in [-0.2, 0) is 0 Å². The molecule has 0 aliphatic carbocycles. The zero-order valence-electron chi connectivity index (χ0n) is 40.5. The fraction of sp³-hybridized carbons (Fsp3) is 0.0286. The van der Waals surface area contributed by atoms with Gasteiger partial charge in [0, 0.05) is 33.9 Å². The van der Waals surface area contributed by atoms with Crippen molar-refractivity contribution in [2.24, 2.45) is 0 Å². The van der Waals surface area contributed by atoms with Gasteiger partial charge in [0.25, 0.3) is 0 Å². The van der Waals surface area contributed by atoms with Crippen LogP contribution in [0.15, 0.2) is 279 Å². The lowest BCUT2D eigenvalue weighted by molar-refractivity contribution is 1.24. The van der Waals surface area contributed by atoms with Gasteiger partial charge in [-0.05, 0) is 164 Å². The Kier molecular flexibility index (Phi) is 11.8. The number of fused-ring (bicyclic) bond motifs is 2. The largest absolute Gasteiger partial charge is 0.310 e. The van der Waals surface area contributed by atoms with E-state index in [9.17, 15) is 0 Å². The molecule has 0 bridgehead atoms. The normalized spacial score (nSPS) is 11.2. The zero-order valence-corrected chi connectivity index (χ0v) is 40.5. The Morgan fingerprint density at radius 2 is 0.528 bits per heavy atom. The summed E-state index contributed by atoms with van der Waals surface area (Å²) in [6.07, 6.45) is 0. The van der Waals surface area contributed by atoms with E-state index < -0.39 is 0 Å². The van der Waals surface area contributed by atoms with E-state index in [4.69, 9.17) is 0 Å². The minimum atomic E-state index is 1.10. The molecule has 0 aliphatic rings. The summed E-state index contributed by atoms with van der Waals surface area (Å²) >= 11 is 0. The quantitative estimate of drug-likeness (QED) is 0.128. The van der Waals surface area contributed by atoms with Gasteiger partial charge in [-0.25, -0.2) is 0 Å². The molecule has 0 saturated heterocycles. The molecule has 0 saturated carbocycles. The van der Waals surface area contributed by atoms with E-state index >= 15 is 0 Å². The molecule has 12 aromatic rings. The minimum absolute atomic E-state index is 1.10. The average molecular weight is 921 g/mol. The molecule has 0 amide bonds. The van der Waals surface area contributed by atoms with Crippen LogP contribution in [0.5, 0.6) is 0 Å². The standard InChI is InChI=1S/C70H52N2/c1-49-45-59(37-43-67(49)71(69-27-15-13-25-65(69)55-19-5-3-6-20-55)63-39-33-53(34-40-63)61-31-29-51-17-9-11-23-57(51)47-61)60-38-44-68(50(2)46-60)72(70-28-16-14-26-66(70)56-21-7-4-8-22-56)64-41-35-54(36-42-64)62-32-30-52-18-10-12-24-58(52)48-62/h3-48H,1-2H3. The average Bonchev–Trinajstić information content (AvgIpc) is 3.45. The summed E-state index contributed by atoms with van der Waals surface area (Å²) in [4.78, 5) is 4.85. The first-order valence-electron chi connectivity index (χ1n) is 24.8. The van der Waals surface area contributed by atoms with Crippen LogP contribution >= 0.6 is 0 Å². The second-order valence-corrected chi connectivity index (χ2v) is 18.7. The number of hydrogen-bond donors (Lipinski definition) is 0. The summed E-state index contributed by atoms with van der Waals surface area (Å²) in [6.45, 7) is 4.48. The molecule has 0 fully saturated rings. The van der Waals surface area contributed by atoms with Crippen molar-refractivity contribution in [3.63, 3.8) is 0 Å². The van der Waals surface area contributed by atoms with Gasteiger partial charge in [0.15, 0.2) is 0 Å². The lowest BCUT2D eigenvalue weighted by atomic mass is 9.96. The third-order valence-corrected chi connectivity index (χ3v) is 14.1. The van der Waals surface area contributed by atoms with Crippen LogP contribution in [0.25, 0.3) is 77.2 Å². The van der Waals surface area contributed by atoms with Crippen molar-refractivity contribution in [1.29, 1.82) is 0 Å². The Labute approximate surface area is 423 Å². The van der Waals surface area contributed by atoms with Crippen LogP contribution in [0.4, 0.5) is 34.1 Å². The van der Waals surface area contributed by atoms with Crippen LogP contribution in [-0.4, -0.2) is 0 Å². The van der Waals surface area contributed by atoms with Crippen LogP contribution in [0, 0.1) is 13.8 Å². The number of nitrogens with zero attached hydrogens (tertiary/aromatic N) is 2. The second-order valence-electron chi connectivity index (χ2n) is 18.7. The van der Waals surface area contributed by atoms with Gasteiger partial charge in [0.2, 0.25) is 0 Å². The third kappa shape index (κ3) is 8.61. The summed E-state index contributed by atoms with van der Waals surface area (Å²) in [5, 5.41) is 4.98. The monoisotopic (exact) mass is 920 g/mol. The lowest BCUT2D eigenvalue weighted by Gasteiger charge is -2.30. The van der Waals surface area contributed by atoms with Crippen molar-refractivity contribution in [2.75, 3.05) is 9.80 Å². The van der Waals surface area contributed by atoms with Crippen molar-refractivity contribution in [2.45, 2.75) is 13.8 Å². The molecule has 0 aliphatic heterocycles. The Morgan fingerprint density at radius 1 is 0.208 bits per heavy atom. The van der Waals surface area contributed by atoms with Crippen molar-refractivity contribution >= 4 is 55.7 Å². The SMILES string of the molecule is Cc1cc(-c2ccc(N(c3ccc(-c4ccc5ccccc5c4)cc3)c3ccccc3-c3ccccc3)c(C)c2)ccc1N(c1ccc(-c2ccc3ccccc3c2)cc1)c1ccccc1-c1ccccc1. The van der Waals surface area contributed by atoms with Gasteiger partial charge in [-0.2, -0.15) is 0 Å². The van der Waals surface area contributed by atoms with E-state index in [1.54, 1.807) is 0 Å². The summed E-state index contributed by atoms with van der Waals surface area (Å²) in [7, 11) is 0. The van der Waals surface area contributed by atoms with E-state index in [0.717, 1.165) is 34.1 Å². The molecule has 0 heterocycles. The molecule has 2 heteroatoms. The van der Waals surface area contributed by atoms with E-state index in [1.165, 1.54) is 88.3 Å². The maximum atomic E-state index is 2.42. The zero-order chi connectivity index (χ0) is 48.4. The first-order valence-corrected chi connectivity index (χ1v) is 24.8. The highest BCUT2D eigenvalue weighted by Gasteiger charge is 2.22. The molecule has 2 nitrogen and oxygen atoms in total. The first kappa shape index (κ1) is 44.0. The number of benzene rings is 12. The van der Waals surface area contributed by atoms with E-state index in [2.05, 4.69) is 303 Å². The molecule has 342 valence electrons. The van der Waals surface area contributed by atoms with E-state index in [0.29, 0.717) is 0 Å². The molecule has 0 atom stereocenters. The van der Waals surface area contributed by atoms with Gasteiger partial charge >= 0.3 is 0 Å². The Morgan fingerprint density at radius 3 is 0.931 bits per heavy atom. The molecule has 0 aromatic heterocycles. The molecular weight excluding hydrogens is 869 g/mol. The number of hydrogen-bond acceptors (Lipinski definition) is 2. The minimum Gasteiger partial charge on any atom is -0.310 e. The van der Waals surface area contributed by atoms with Crippen molar-refractivity contribution in [3.8, 4) is 55.6 Å². The van der Waals surface area contributed by atoms with Gasteiger partial charge in [-0.3, -0.25) is 0 Å². The molecule has 0 N–H and O–H groups in total. The molecule has 72 heavy (non-hydrogen) atoms. The Hall–Kier alpha value is -9.24. The fourth-order valence-corrected chi connectivity index (χ4v) is 10.4. The number of rotatable bonds is 11. The highest BCUT2D eigenvalue weighted by atomic mass is 15.2. The van der Waals surface area contributed by atoms with Gasteiger partial charge in [0.05, 0.1) is 11.4 Å². The van der Waals surface area contributed by atoms with Gasteiger partial charge in [-0.1, -0.05) is 206 Å². The van der Waals surface area contributed by atoms with Crippen LogP contribution in [0.3, 0.4) is 0 Å². The van der Waals surface area contributed by atoms with Crippen LogP contribution in [0.2, 0.25) is 0 Å². The predicted molar refractivity (Wildman–Crippen MR) is 307 cm³/mol. The summed E-state index contributed by atoms with van der Waals surface area (Å²) < 4.78 is 0. The van der Waals surface area contributed by atoms with Gasteiger partial charge in [0.1, 0.15) is 0 Å². The van der Waals surface area contributed by atoms with Crippen molar-refractivity contribution in [1.82, 2.24) is 0 Å². The fourth-order valence-electron chi connectivity index (χ4n) is 10.4. The number of anilines is 6. The summed E-state index contributed by atoms with van der Waals surface area (Å²) in [5.41, 5.74) is 20.9. The number of aryl methyl sites for hydroxylation is 2. The maximum Gasteiger partial charge on any atom is 0.0540 e. The molecule has 0 unspecified atom stereocenters. The Balaban J connectivity index is 0.921. The van der Waals surface area contributed by atoms with Crippen molar-refractivity contribution < 1.29 is 0 Å². The van der Waals surface area contributed by atoms with Crippen molar-refractivity contribution in [3.05, 3.63) is 290 Å². The van der Waals surface area contributed by atoms with Crippen LogP contribution in [0.1, 0.15) is 11.1 Å². The number of para-hydroxylation sites is 2. The Bertz CT molecular complexity index is 3620.